The van der Waals surface area contributed by atoms with Gasteiger partial charge in [0.25, 0.3) is 0 Å². The Bertz CT molecular complexity index is 493. The number of anilines is 1. The van der Waals surface area contributed by atoms with Crippen LogP contribution in [0.4, 0.5) is 10.5 Å². The predicted octanol–water partition coefficient (Wildman–Crippen LogP) is 2.41. The number of hydrogen-bond donors (Lipinski definition) is 2. The third-order valence-corrected chi connectivity index (χ3v) is 3.71. The number of nitrogens with zero attached hydrogens (tertiary/aromatic N) is 1. The van der Waals surface area contributed by atoms with Gasteiger partial charge in [-0.05, 0) is 43.0 Å². The van der Waals surface area contributed by atoms with Crippen LogP contribution in [0.3, 0.4) is 0 Å². The number of carbonyl (C=O) groups excluding carboxylic acids is 1. The first-order valence-electron chi connectivity index (χ1n) is 7.00. The Morgan fingerprint density at radius 1 is 1.29 bits per heavy atom. The molecule has 0 aliphatic carbocycles. The molecule has 1 saturated heterocycles. The fraction of sp³-hybridized carbons (Fsp3) is 0.467. The standard InChI is InChI=1S/C15H20N2O4/c1-21-13-4-2-12(3-5-13)16-15(20)17-8-6-11(7-9-17)10-14(18)19/h2-5,11H,6-10H2,1H3,(H,16,20)(H,18,19). The second-order valence-electron chi connectivity index (χ2n) is 5.19. The third kappa shape index (κ3) is 4.37. The van der Waals surface area contributed by atoms with Gasteiger partial charge in [0.15, 0.2) is 0 Å². The zero-order valence-electron chi connectivity index (χ0n) is 12.0. The molecule has 1 aliphatic rings. The number of ether oxygens (including phenoxy) is 1. The monoisotopic (exact) mass is 292 g/mol. The lowest BCUT2D eigenvalue weighted by molar-refractivity contribution is -0.138. The van der Waals surface area contributed by atoms with E-state index in [0.29, 0.717) is 18.8 Å². The summed E-state index contributed by atoms with van der Waals surface area (Å²) in [7, 11) is 1.59. The van der Waals surface area contributed by atoms with Gasteiger partial charge < -0.3 is 20.1 Å². The Kier molecular flexibility index (Phi) is 5.03. The number of urea groups is 1. The van der Waals surface area contributed by atoms with Crippen molar-refractivity contribution >= 4 is 17.7 Å². The van der Waals surface area contributed by atoms with Gasteiger partial charge in [-0.3, -0.25) is 4.79 Å². The molecule has 6 heteroatoms. The minimum Gasteiger partial charge on any atom is -0.497 e. The van der Waals surface area contributed by atoms with E-state index in [1.165, 1.54) is 0 Å². The van der Waals surface area contributed by atoms with E-state index in [1.807, 2.05) is 0 Å². The topological polar surface area (TPSA) is 78.9 Å². The van der Waals surface area contributed by atoms with Crippen molar-refractivity contribution in [3.63, 3.8) is 0 Å². The summed E-state index contributed by atoms with van der Waals surface area (Å²) in [6.45, 7) is 1.19. The summed E-state index contributed by atoms with van der Waals surface area (Å²) >= 11 is 0. The van der Waals surface area contributed by atoms with E-state index in [-0.39, 0.29) is 18.4 Å². The van der Waals surface area contributed by atoms with E-state index >= 15 is 0 Å². The van der Waals surface area contributed by atoms with E-state index in [9.17, 15) is 9.59 Å². The summed E-state index contributed by atoms with van der Waals surface area (Å²) in [5.41, 5.74) is 0.716. The maximum atomic E-state index is 12.1. The number of carbonyl (C=O) groups is 2. The summed E-state index contributed by atoms with van der Waals surface area (Å²) in [6, 6.07) is 7.00. The lowest BCUT2D eigenvalue weighted by Gasteiger charge is -2.31. The zero-order chi connectivity index (χ0) is 15.2. The Morgan fingerprint density at radius 3 is 2.43 bits per heavy atom. The number of carboxylic acids is 1. The number of methoxy groups -OCH3 is 1. The number of rotatable bonds is 4. The van der Waals surface area contributed by atoms with Gasteiger partial charge in [-0.1, -0.05) is 0 Å². The SMILES string of the molecule is COc1ccc(NC(=O)N2CCC(CC(=O)O)CC2)cc1. The Morgan fingerprint density at radius 2 is 1.90 bits per heavy atom. The van der Waals surface area contributed by atoms with Crippen LogP contribution in [-0.4, -0.2) is 42.2 Å². The molecule has 0 atom stereocenters. The van der Waals surface area contributed by atoms with E-state index in [1.54, 1.807) is 36.3 Å². The van der Waals surface area contributed by atoms with E-state index < -0.39 is 5.97 Å². The highest BCUT2D eigenvalue weighted by Gasteiger charge is 2.24. The minimum atomic E-state index is -0.767. The van der Waals surface area contributed by atoms with Gasteiger partial charge in [-0.2, -0.15) is 0 Å². The highest BCUT2D eigenvalue weighted by atomic mass is 16.5. The van der Waals surface area contributed by atoms with Crippen molar-refractivity contribution in [3.8, 4) is 5.75 Å². The molecule has 0 saturated carbocycles. The molecule has 0 bridgehead atoms. The van der Waals surface area contributed by atoms with Gasteiger partial charge in [0, 0.05) is 25.2 Å². The van der Waals surface area contributed by atoms with Crippen molar-refractivity contribution in [3.05, 3.63) is 24.3 Å². The van der Waals surface area contributed by atoms with Gasteiger partial charge in [-0.25, -0.2) is 4.79 Å². The molecule has 2 amide bonds. The summed E-state index contributed by atoms with van der Waals surface area (Å²) < 4.78 is 5.06. The minimum absolute atomic E-state index is 0.144. The summed E-state index contributed by atoms with van der Waals surface area (Å²) in [4.78, 5) is 24.5. The Hall–Kier alpha value is -2.24. The number of aliphatic carboxylic acids is 1. The molecule has 0 aromatic heterocycles. The van der Waals surface area contributed by atoms with Crippen LogP contribution in [0.25, 0.3) is 0 Å². The quantitative estimate of drug-likeness (QED) is 0.893. The lowest BCUT2D eigenvalue weighted by atomic mass is 9.94. The molecule has 2 rings (SSSR count). The van der Waals surface area contributed by atoms with Gasteiger partial charge in [0.2, 0.25) is 0 Å². The third-order valence-electron chi connectivity index (χ3n) is 3.71. The molecule has 114 valence electrons. The van der Waals surface area contributed by atoms with Crippen molar-refractivity contribution < 1.29 is 19.4 Å². The molecule has 1 fully saturated rings. The summed E-state index contributed by atoms with van der Waals surface area (Å²) in [6.07, 6.45) is 1.67. The zero-order valence-corrected chi connectivity index (χ0v) is 12.0. The first-order chi connectivity index (χ1) is 10.1. The fourth-order valence-corrected chi connectivity index (χ4v) is 2.46. The van der Waals surface area contributed by atoms with E-state index in [2.05, 4.69) is 5.32 Å². The van der Waals surface area contributed by atoms with Gasteiger partial charge >= 0.3 is 12.0 Å². The smallest absolute Gasteiger partial charge is 0.321 e. The number of benzene rings is 1. The lowest BCUT2D eigenvalue weighted by Crippen LogP contribution is -2.41. The summed E-state index contributed by atoms with van der Waals surface area (Å²) in [5.74, 6) is 0.145. The van der Waals surface area contributed by atoms with Crippen LogP contribution in [0.15, 0.2) is 24.3 Å². The fourth-order valence-electron chi connectivity index (χ4n) is 2.46. The first-order valence-corrected chi connectivity index (χ1v) is 7.00. The average molecular weight is 292 g/mol. The Balaban J connectivity index is 1.82. The molecule has 6 nitrogen and oxygen atoms in total. The number of amides is 2. The van der Waals surface area contributed by atoms with Crippen LogP contribution < -0.4 is 10.1 Å². The number of carboxylic acid groups (broad SMARTS) is 1. The first kappa shape index (κ1) is 15.2. The molecule has 0 unspecified atom stereocenters. The van der Waals surface area contributed by atoms with Crippen molar-refractivity contribution in [2.24, 2.45) is 5.92 Å². The van der Waals surface area contributed by atoms with Crippen LogP contribution in [0.5, 0.6) is 5.75 Å². The predicted molar refractivity (Wildman–Crippen MR) is 78.6 cm³/mol. The molecule has 21 heavy (non-hydrogen) atoms. The van der Waals surface area contributed by atoms with Crippen LogP contribution >= 0.6 is 0 Å². The number of nitrogens with one attached hydrogen (secondary N) is 1. The van der Waals surface area contributed by atoms with Crippen LogP contribution in [-0.2, 0) is 4.79 Å². The Labute approximate surface area is 123 Å². The van der Waals surface area contributed by atoms with E-state index in [0.717, 1.165) is 18.6 Å². The van der Waals surface area contributed by atoms with Crippen LogP contribution in [0, 0.1) is 5.92 Å². The number of hydrogen-bond acceptors (Lipinski definition) is 3. The molecule has 0 spiro atoms. The van der Waals surface area contributed by atoms with Crippen molar-refractivity contribution in [2.75, 3.05) is 25.5 Å². The highest BCUT2D eigenvalue weighted by molar-refractivity contribution is 5.89. The second-order valence-corrected chi connectivity index (χ2v) is 5.19. The molecular weight excluding hydrogens is 272 g/mol. The van der Waals surface area contributed by atoms with Crippen LogP contribution in [0.2, 0.25) is 0 Å². The summed E-state index contributed by atoms with van der Waals surface area (Å²) in [5, 5.41) is 11.6. The largest absolute Gasteiger partial charge is 0.497 e. The van der Waals surface area contributed by atoms with Crippen molar-refractivity contribution in [2.45, 2.75) is 19.3 Å². The van der Waals surface area contributed by atoms with Gasteiger partial charge in [0.05, 0.1) is 7.11 Å². The second kappa shape index (κ2) is 6.97. The maximum Gasteiger partial charge on any atom is 0.321 e. The molecule has 2 N–H and O–H groups in total. The molecule has 1 aromatic carbocycles. The van der Waals surface area contributed by atoms with Gasteiger partial charge in [0.1, 0.15) is 5.75 Å². The molecule has 1 heterocycles. The van der Waals surface area contributed by atoms with Gasteiger partial charge in [-0.15, -0.1) is 0 Å². The van der Waals surface area contributed by atoms with Crippen molar-refractivity contribution in [1.29, 1.82) is 0 Å². The maximum absolute atomic E-state index is 12.1. The normalized spacial score (nSPS) is 15.6. The molecular formula is C15H20N2O4. The number of piperidine rings is 1. The average Bonchev–Trinajstić information content (AvgIpc) is 2.48. The van der Waals surface area contributed by atoms with Crippen molar-refractivity contribution in [1.82, 2.24) is 4.90 Å². The van der Waals surface area contributed by atoms with E-state index in [4.69, 9.17) is 9.84 Å². The molecule has 0 radical (unpaired) electrons. The molecule has 1 aliphatic heterocycles. The highest BCUT2D eigenvalue weighted by Crippen LogP contribution is 2.21. The van der Waals surface area contributed by atoms with Crippen LogP contribution in [0.1, 0.15) is 19.3 Å². The molecule has 1 aromatic rings. The number of likely N-dealkylation sites (tertiary alicyclic amines) is 1.